The van der Waals surface area contributed by atoms with Gasteiger partial charge in [0.25, 0.3) is 5.91 Å². The molecule has 1 amide bonds. The lowest BCUT2D eigenvalue weighted by molar-refractivity contribution is 0.0943. The molecular weight excluding hydrogens is 312 g/mol. The summed E-state index contributed by atoms with van der Waals surface area (Å²) in [4.78, 5) is 12.0. The van der Waals surface area contributed by atoms with E-state index in [2.05, 4.69) is 16.5 Å². The third-order valence-electron chi connectivity index (χ3n) is 4.62. The maximum atomic E-state index is 13.6. The van der Waals surface area contributed by atoms with Crippen LogP contribution < -0.4 is 5.32 Å². The van der Waals surface area contributed by atoms with E-state index in [-0.39, 0.29) is 6.54 Å². The SMILES string of the molecule is O=C(NCCn1nc(C2CC2)cc1C1CC1)c1c(F)cccc1F. The van der Waals surface area contributed by atoms with Crippen molar-refractivity contribution < 1.29 is 13.6 Å². The molecule has 0 saturated heterocycles. The van der Waals surface area contributed by atoms with Crippen molar-refractivity contribution in [3.63, 3.8) is 0 Å². The minimum Gasteiger partial charge on any atom is -0.350 e. The van der Waals surface area contributed by atoms with Crippen molar-refractivity contribution in [1.29, 1.82) is 0 Å². The van der Waals surface area contributed by atoms with Gasteiger partial charge in [0.15, 0.2) is 0 Å². The van der Waals surface area contributed by atoms with Crippen LogP contribution in [0, 0.1) is 11.6 Å². The summed E-state index contributed by atoms with van der Waals surface area (Å²) in [5.74, 6) is -1.26. The summed E-state index contributed by atoms with van der Waals surface area (Å²) >= 11 is 0. The molecular formula is C18H19F2N3O. The Labute approximate surface area is 138 Å². The predicted molar refractivity (Wildman–Crippen MR) is 84.9 cm³/mol. The normalized spacial score (nSPS) is 17.1. The highest BCUT2D eigenvalue weighted by atomic mass is 19.1. The summed E-state index contributed by atoms with van der Waals surface area (Å²) in [7, 11) is 0. The lowest BCUT2D eigenvalue weighted by Gasteiger charge is -2.09. The van der Waals surface area contributed by atoms with Crippen molar-refractivity contribution in [2.45, 2.75) is 44.1 Å². The lowest BCUT2D eigenvalue weighted by atomic mass is 10.2. The first-order valence-electron chi connectivity index (χ1n) is 8.43. The van der Waals surface area contributed by atoms with E-state index in [0.29, 0.717) is 18.4 Å². The van der Waals surface area contributed by atoms with Crippen LogP contribution in [0.3, 0.4) is 0 Å². The zero-order valence-electron chi connectivity index (χ0n) is 13.3. The van der Waals surface area contributed by atoms with Crippen molar-refractivity contribution in [2.75, 3.05) is 6.54 Å². The van der Waals surface area contributed by atoms with Gasteiger partial charge in [-0.3, -0.25) is 9.48 Å². The Balaban J connectivity index is 1.41. The minimum absolute atomic E-state index is 0.290. The summed E-state index contributed by atoms with van der Waals surface area (Å²) in [6.07, 6.45) is 4.76. The van der Waals surface area contributed by atoms with E-state index in [1.165, 1.54) is 37.4 Å². The number of hydrogen-bond acceptors (Lipinski definition) is 2. The zero-order valence-corrected chi connectivity index (χ0v) is 13.3. The molecule has 24 heavy (non-hydrogen) atoms. The molecule has 2 aliphatic rings. The molecule has 6 heteroatoms. The average molecular weight is 331 g/mol. The number of nitrogens with one attached hydrogen (secondary N) is 1. The van der Waals surface area contributed by atoms with Gasteiger partial charge in [0.2, 0.25) is 0 Å². The maximum absolute atomic E-state index is 13.6. The summed E-state index contributed by atoms with van der Waals surface area (Å²) in [5, 5.41) is 7.25. The second kappa shape index (κ2) is 6.00. The highest BCUT2D eigenvalue weighted by Crippen LogP contribution is 2.44. The van der Waals surface area contributed by atoms with Crippen LogP contribution in [-0.2, 0) is 6.54 Å². The Morgan fingerprint density at radius 1 is 1.17 bits per heavy atom. The van der Waals surface area contributed by atoms with Crippen LogP contribution in [0.5, 0.6) is 0 Å². The van der Waals surface area contributed by atoms with Gasteiger partial charge >= 0.3 is 0 Å². The molecule has 0 bridgehead atoms. The third kappa shape index (κ3) is 3.05. The number of carbonyl (C=O) groups is 1. The van der Waals surface area contributed by atoms with Gasteiger partial charge in [0.05, 0.1) is 12.2 Å². The van der Waals surface area contributed by atoms with E-state index < -0.39 is 23.1 Å². The van der Waals surface area contributed by atoms with Crippen LogP contribution in [0.15, 0.2) is 24.3 Å². The number of benzene rings is 1. The fourth-order valence-electron chi connectivity index (χ4n) is 3.00. The largest absolute Gasteiger partial charge is 0.350 e. The first-order valence-corrected chi connectivity index (χ1v) is 8.43. The second-order valence-electron chi connectivity index (χ2n) is 6.62. The molecule has 4 rings (SSSR count). The molecule has 1 aromatic heterocycles. The second-order valence-corrected chi connectivity index (χ2v) is 6.62. The van der Waals surface area contributed by atoms with Crippen LogP contribution in [0.2, 0.25) is 0 Å². The van der Waals surface area contributed by atoms with Gasteiger partial charge in [-0.2, -0.15) is 5.10 Å². The molecule has 2 saturated carbocycles. The summed E-state index contributed by atoms with van der Waals surface area (Å²) in [5.41, 5.74) is 1.84. The van der Waals surface area contributed by atoms with Crippen molar-refractivity contribution in [3.8, 4) is 0 Å². The third-order valence-corrected chi connectivity index (χ3v) is 4.62. The van der Waals surface area contributed by atoms with Crippen molar-refractivity contribution in [3.05, 3.63) is 52.9 Å². The van der Waals surface area contributed by atoms with Crippen molar-refractivity contribution in [1.82, 2.24) is 15.1 Å². The van der Waals surface area contributed by atoms with E-state index in [1.54, 1.807) is 0 Å². The number of aromatic nitrogens is 2. The molecule has 0 radical (unpaired) electrons. The Bertz CT molecular complexity index is 758. The predicted octanol–water partition coefficient (Wildman–Crippen LogP) is 3.35. The Hall–Kier alpha value is -2.24. The lowest BCUT2D eigenvalue weighted by Crippen LogP contribution is -2.29. The van der Waals surface area contributed by atoms with Gasteiger partial charge in [0.1, 0.15) is 17.2 Å². The number of hydrogen-bond donors (Lipinski definition) is 1. The zero-order chi connectivity index (χ0) is 16.7. The Morgan fingerprint density at radius 2 is 1.83 bits per heavy atom. The Morgan fingerprint density at radius 3 is 2.46 bits per heavy atom. The molecule has 1 N–H and O–H groups in total. The van der Waals surface area contributed by atoms with Crippen molar-refractivity contribution in [2.24, 2.45) is 0 Å². The molecule has 1 heterocycles. The van der Waals surface area contributed by atoms with Crippen LogP contribution >= 0.6 is 0 Å². The molecule has 2 fully saturated rings. The molecule has 0 unspecified atom stereocenters. The molecule has 4 nitrogen and oxygen atoms in total. The van der Waals surface area contributed by atoms with Crippen LogP contribution in [0.25, 0.3) is 0 Å². The summed E-state index contributed by atoms with van der Waals surface area (Å²) in [6, 6.07) is 5.59. The van der Waals surface area contributed by atoms with Crippen LogP contribution in [0.1, 0.15) is 59.3 Å². The van der Waals surface area contributed by atoms with Gasteiger partial charge in [-0.05, 0) is 43.9 Å². The standard InChI is InChI=1S/C18H19F2N3O/c19-13-2-1-3-14(20)17(13)18(24)21-8-9-23-16(12-6-7-12)10-15(22-23)11-4-5-11/h1-3,10-12H,4-9H2,(H,21,24). The van der Waals surface area contributed by atoms with E-state index in [1.807, 2.05) is 4.68 Å². The number of halogens is 2. The van der Waals surface area contributed by atoms with Gasteiger partial charge < -0.3 is 5.32 Å². The van der Waals surface area contributed by atoms with Crippen LogP contribution in [0.4, 0.5) is 8.78 Å². The average Bonchev–Trinajstić information content (AvgIpc) is 3.46. The topological polar surface area (TPSA) is 46.9 Å². The smallest absolute Gasteiger partial charge is 0.257 e. The number of amides is 1. The fraction of sp³-hybridized carbons (Fsp3) is 0.444. The van der Waals surface area contributed by atoms with Gasteiger partial charge in [-0.25, -0.2) is 8.78 Å². The molecule has 2 aromatic rings. The van der Waals surface area contributed by atoms with E-state index in [0.717, 1.165) is 17.8 Å². The number of nitrogens with zero attached hydrogens (tertiary/aromatic N) is 2. The molecule has 0 spiro atoms. The first-order chi connectivity index (χ1) is 11.6. The van der Waals surface area contributed by atoms with Gasteiger partial charge in [-0.1, -0.05) is 6.07 Å². The minimum atomic E-state index is -0.846. The van der Waals surface area contributed by atoms with E-state index >= 15 is 0 Å². The summed E-state index contributed by atoms with van der Waals surface area (Å²) in [6.45, 7) is 0.804. The molecule has 1 aromatic carbocycles. The molecule has 0 aliphatic heterocycles. The van der Waals surface area contributed by atoms with Crippen LogP contribution in [-0.4, -0.2) is 22.2 Å². The van der Waals surface area contributed by atoms with Crippen molar-refractivity contribution >= 4 is 5.91 Å². The van der Waals surface area contributed by atoms with E-state index in [9.17, 15) is 13.6 Å². The Kier molecular flexibility index (Phi) is 3.82. The molecule has 126 valence electrons. The highest BCUT2D eigenvalue weighted by molar-refractivity contribution is 5.94. The maximum Gasteiger partial charge on any atom is 0.257 e. The molecule has 2 aliphatic carbocycles. The van der Waals surface area contributed by atoms with E-state index in [4.69, 9.17) is 0 Å². The number of carbonyl (C=O) groups excluding carboxylic acids is 1. The fourth-order valence-corrected chi connectivity index (χ4v) is 3.00. The van der Waals surface area contributed by atoms with Gasteiger partial charge in [0, 0.05) is 24.1 Å². The van der Waals surface area contributed by atoms with Gasteiger partial charge in [-0.15, -0.1) is 0 Å². The first kappa shape index (κ1) is 15.3. The number of rotatable bonds is 6. The quantitative estimate of drug-likeness (QED) is 0.882. The molecule has 0 atom stereocenters. The summed E-state index contributed by atoms with van der Waals surface area (Å²) < 4.78 is 29.2. The highest BCUT2D eigenvalue weighted by Gasteiger charge is 2.32. The monoisotopic (exact) mass is 331 g/mol.